The zero-order valence-electron chi connectivity index (χ0n) is 15.8. The van der Waals surface area contributed by atoms with E-state index >= 15 is 0 Å². The van der Waals surface area contributed by atoms with Gasteiger partial charge >= 0.3 is 6.09 Å². The van der Waals surface area contributed by atoms with Crippen LogP contribution in [0.2, 0.25) is 0 Å². The molecule has 0 bridgehead atoms. The molecule has 1 aromatic carbocycles. The molecule has 3 amide bonds. The van der Waals surface area contributed by atoms with Crippen molar-refractivity contribution < 1.29 is 19.1 Å². The Morgan fingerprint density at radius 1 is 1.19 bits per heavy atom. The van der Waals surface area contributed by atoms with Crippen molar-refractivity contribution in [1.82, 2.24) is 9.80 Å². The van der Waals surface area contributed by atoms with Gasteiger partial charge in [-0.3, -0.25) is 14.5 Å². The molecule has 2 aliphatic rings. The van der Waals surface area contributed by atoms with E-state index in [1.165, 1.54) is 4.90 Å². The molecule has 1 aliphatic carbocycles. The van der Waals surface area contributed by atoms with Gasteiger partial charge in [-0.25, -0.2) is 4.79 Å². The number of carbonyl (C=O) groups excluding carboxylic acids is 3. The first-order valence-corrected chi connectivity index (χ1v) is 9.12. The molecular weight excluding hydrogens is 332 g/mol. The zero-order valence-corrected chi connectivity index (χ0v) is 15.8. The van der Waals surface area contributed by atoms with E-state index in [1.807, 2.05) is 27.7 Å². The Bertz CT molecular complexity index is 699. The molecule has 6 heteroatoms. The van der Waals surface area contributed by atoms with Gasteiger partial charge in [0.2, 0.25) is 0 Å². The fourth-order valence-corrected chi connectivity index (χ4v) is 3.10. The molecule has 0 N–H and O–H groups in total. The van der Waals surface area contributed by atoms with Gasteiger partial charge in [-0.05, 0) is 58.6 Å². The Morgan fingerprint density at radius 3 is 2.19 bits per heavy atom. The van der Waals surface area contributed by atoms with Gasteiger partial charge in [-0.15, -0.1) is 0 Å². The number of ether oxygens (including phenoxy) is 1. The predicted molar refractivity (Wildman–Crippen MR) is 96.9 cm³/mol. The zero-order chi connectivity index (χ0) is 19.1. The van der Waals surface area contributed by atoms with E-state index in [2.05, 4.69) is 0 Å². The van der Waals surface area contributed by atoms with Crippen molar-refractivity contribution in [3.05, 3.63) is 35.4 Å². The average Bonchev–Trinajstić information content (AvgIpc) is 3.35. The van der Waals surface area contributed by atoms with Crippen LogP contribution >= 0.6 is 0 Å². The molecule has 1 saturated carbocycles. The van der Waals surface area contributed by atoms with Crippen LogP contribution in [0.15, 0.2) is 24.3 Å². The highest BCUT2D eigenvalue weighted by Gasteiger charge is 2.39. The summed E-state index contributed by atoms with van der Waals surface area (Å²) >= 11 is 0. The molecule has 0 saturated heterocycles. The van der Waals surface area contributed by atoms with Crippen LogP contribution in [-0.4, -0.2) is 52.4 Å². The fourth-order valence-electron chi connectivity index (χ4n) is 3.10. The van der Waals surface area contributed by atoms with Crippen molar-refractivity contribution in [2.45, 2.75) is 52.2 Å². The van der Waals surface area contributed by atoms with E-state index in [-0.39, 0.29) is 24.4 Å². The van der Waals surface area contributed by atoms with Crippen LogP contribution in [0, 0.1) is 5.92 Å². The van der Waals surface area contributed by atoms with Crippen molar-refractivity contribution >= 4 is 17.9 Å². The number of rotatable bonds is 5. The van der Waals surface area contributed by atoms with Crippen molar-refractivity contribution in [1.29, 1.82) is 0 Å². The monoisotopic (exact) mass is 358 g/mol. The molecule has 0 radical (unpaired) electrons. The molecule has 1 atom stereocenters. The summed E-state index contributed by atoms with van der Waals surface area (Å²) in [6.07, 6.45) is 1.80. The normalized spacial score (nSPS) is 17.9. The third kappa shape index (κ3) is 3.89. The highest BCUT2D eigenvalue weighted by molar-refractivity contribution is 6.21. The van der Waals surface area contributed by atoms with E-state index < -0.39 is 11.7 Å². The molecule has 26 heavy (non-hydrogen) atoms. The molecule has 1 fully saturated rings. The first kappa shape index (κ1) is 18.4. The minimum Gasteiger partial charge on any atom is -0.444 e. The third-order valence-corrected chi connectivity index (χ3v) is 4.64. The summed E-state index contributed by atoms with van der Waals surface area (Å²) in [7, 11) is 0. The summed E-state index contributed by atoms with van der Waals surface area (Å²) in [5.74, 6) is -0.117. The van der Waals surface area contributed by atoms with Crippen LogP contribution in [0.5, 0.6) is 0 Å². The second-order valence-electron chi connectivity index (χ2n) is 8.19. The number of fused-ring (bicyclic) bond motifs is 1. The van der Waals surface area contributed by atoms with E-state index in [0.717, 1.165) is 12.8 Å². The minimum absolute atomic E-state index is 0.165. The van der Waals surface area contributed by atoms with Crippen molar-refractivity contribution in [3.8, 4) is 0 Å². The summed E-state index contributed by atoms with van der Waals surface area (Å²) in [5.41, 5.74) is 0.264. The molecule has 1 aromatic rings. The van der Waals surface area contributed by atoms with Crippen molar-refractivity contribution in [2.24, 2.45) is 5.92 Å². The van der Waals surface area contributed by atoms with Gasteiger partial charge in [0.25, 0.3) is 11.8 Å². The van der Waals surface area contributed by atoms with Gasteiger partial charge in [0.15, 0.2) is 0 Å². The highest BCUT2D eigenvalue weighted by atomic mass is 16.6. The van der Waals surface area contributed by atoms with Gasteiger partial charge in [-0.2, -0.15) is 0 Å². The lowest BCUT2D eigenvalue weighted by molar-refractivity contribution is 0.0127. The largest absolute Gasteiger partial charge is 0.444 e. The van der Waals surface area contributed by atoms with E-state index in [9.17, 15) is 14.4 Å². The molecular formula is C20H26N2O4. The third-order valence-electron chi connectivity index (χ3n) is 4.64. The van der Waals surface area contributed by atoms with Gasteiger partial charge in [-0.1, -0.05) is 12.1 Å². The Balaban J connectivity index is 1.73. The summed E-state index contributed by atoms with van der Waals surface area (Å²) < 4.78 is 5.53. The maximum atomic E-state index is 12.6. The SMILES string of the molecule is C[C@@H](CN1C(=O)c2ccccc2C1=O)N(CC1CC1)C(=O)OC(C)(C)C. The first-order chi connectivity index (χ1) is 12.2. The maximum Gasteiger partial charge on any atom is 0.410 e. The summed E-state index contributed by atoms with van der Waals surface area (Å²) in [6.45, 7) is 8.10. The number of hydrogen-bond acceptors (Lipinski definition) is 4. The second kappa shape index (κ2) is 6.74. The number of benzene rings is 1. The van der Waals surface area contributed by atoms with Crippen LogP contribution in [-0.2, 0) is 4.74 Å². The first-order valence-electron chi connectivity index (χ1n) is 9.12. The Kier molecular flexibility index (Phi) is 4.78. The number of nitrogens with zero attached hydrogens (tertiary/aromatic N) is 2. The van der Waals surface area contributed by atoms with Gasteiger partial charge in [0, 0.05) is 13.1 Å². The molecule has 0 spiro atoms. The summed E-state index contributed by atoms with van der Waals surface area (Å²) in [6, 6.07) is 6.51. The van der Waals surface area contributed by atoms with Crippen LogP contribution in [0.3, 0.4) is 0 Å². The number of carbonyl (C=O) groups is 3. The van der Waals surface area contributed by atoms with E-state index in [1.54, 1.807) is 29.2 Å². The smallest absolute Gasteiger partial charge is 0.410 e. The van der Waals surface area contributed by atoms with Gasteiger partial charge in [0.05, 0.1) is 17.2 Å². The summed E-state index contributed by atoms with van der Waals surface area (Å²) in [5, 5.41) is 0. The molecule has 1 aliphatic heterocycles. The predicted octanol–water partition coefficient (Wildman–Crippen LogP) is 3.32. The maximum absolute atomic E-state index is 12.6. The number of imide groups is 1. The number of hydrogen-bond donors (Lipinski definition) is 0. The molecule has 1 heterocycles. The van der Waals surface area contributed by atoms with Crippen molar-refractivity contribution in [2.75, 3.05) is 13.1 Å². The van der Waals surface area contributed by atoms with Crippen LogP contribution in [0.1, 0.15) is 61.3 Å². The molecule has 6 nitrogen and oxygen atoms in total. The Labute approximate surface area is 154 Å². The quantitative estimate of drug-likeness (QED) is 0.757. The van der Waals surface area contributed by atoms with Crippen molar-refractivity contribution in [3.63, 3.8) is 0 Å². The Hall–Kier alpha value is -2.37. The topological polar surface area (TPSA) is 66.9 Å². The lowest BCUT2D eigenvalue weighted by Crippen LogP contribution is -2.49. The average molecular weight is 358 g/mol. The molecule has 3 rings (SSSR count). The standard InChI is InChI=1S/C20H26N2O4/c1-13(21(12-14-9-10-14)19(25)26-20(2,3)4)11-22-17(23)15-7-5-6-8-16(15)18(22)24/h5-8,13-14H,9-12H2,1-4H3/t13-/m0/s1. The van der Waals surface area contributed by atoms with E-state index in [0.29, 0.717) is 23.6 Å². The fraction of sp³-hybridized carbons (Fsp3) is 0.550. The minimum atomic E-state index is -0.589. The van der Waals surface area contributed by atoms with Crippen LogP contribution in [0.25, 0.3) is 0 Å². The van der Waals surface area contributed by atoms with Crippen LogP contribution < -0.4 is 0 Å². The highest BCUT2D eigenvalue weighted by Crippen LogP contribution is 2.31. The molecule has 140 valence electrons. The summed E-state index contributed by atoms with van der Waals surface area (Å²) in [4.78, 5) is 40.7. The van der Waals surface area contributed by atoms with Gasteiger partial charge in [0.1, 0.15) is 5.60 Å². The second-order valence-corrected chi connectivity index (χ2v) is 8.19. The number of amides is 3. The Morgan fingerprint density at radius 2 is 1.73 bits per heavy atom. The lowest BCUT2D eigenvalue weighted by atomic mass is 10.1. The molecule has 0 unspecified atom stereocenters. The van der Waals surface area contributed by atoms with E-state index in [4.69, 9.17) is 4.74 Å². The lowest BCUT2D eigenvalue weighted by Gasteiger charge is -2.33. The van der Waals surface area contributed by atoms with Crippen LogP contribution in [0.4, 0.5) is 4.79 Å². The molecule has 0 aromatic heterocycles. The van der Waals surface area contributed by atoms with Gasteiger partial charge < -0.3 is 9.64 Å².